The van der Waals surface area contributed by atoms with Crippen molar-refractivity contribution < 1.29 is 75.8 Å². The van der Waals surface area contributed by atoms with Gasteiger partial charge in [-0.2, -0.15) is 0 Å². The molecule has 0 unspecified atom stereocenters. The zero-order valence-corrected chi connectivity index (χ0v) is 58.0. The summed E-state index contributed by atoms with van der Waals surface area (Å²) in [4.78, 5) is 39.6. The van der Waals surface area contributed by atoms with Gasteiger partial charge in [-0.3, -0.25) is 14.7 Å². The van der Waals surface area contributed by atoms with Gasteiger partial charge in [-0.25, -0.2) is 15.0 Å². The minimum atomic E-state index is -0.514. The number of aromatic nitrogens is 6. The molecule has 3 N–H and O–H groups in total. The summed E-state index contributed by atoms with van der Waals surface area (Å²) in [6.45, 7) is 15.6. The number of anilines is 2. The van der Waals surface area contributed by atoms with Crippen molar-refractivity contribution in [2.24, 2.45) is 0 Å². The van der Waals surface area contributed by atoms with Crippen LogP contribution in [-0.2, 0) is 89.1 Å². The fraction of sp³-hybridized carbons (Fsp3) is 0.522. The van der Waals surface area contributed by atoms with Gasteiger partial charge in [0.25, 0.3) is 0 Å². The molecule has 5 heterocycles. The van der Waals surface area contributed by atoms with Gasteiger partial charge in [-0.15, -0.1) is 0 Å². The SMILES string of the molecule is CCCCc1nc2c(CCc3ccc(OC)cc3OC)nc3cc(Br)ccc3c2n1Cc1ccc(OC)cc1OC.CCCCc1nc2c([nH]1)c(N)nc1cc(N3CCN(CCOCOCOCOCOCOCOCOCOCOCCC(=O)OC(C)(C)C)CC3)ccc12. The molecule has 518 valence electrons. The van der Waals surface area contributed by atoms with Crippen LogP contribution in [-0.4, -0.2) is 181 Å². The molecule has 1 saturated heterocycles. The van der Waals surface area contributed by atoms with Crippen LogP contribution < -0.4 is 29.6 Å². The van der Waals surface area contributed by atoms with Gasteiger partial charge in [-0.1, -0.05) is 48.7 Å². The smallest absolute Gasteiger partial charge is 0.308 e. The summed E-state index contributed by atoms with van der Waals surface area (Å²) < 4.78 is 82.9. The van der Waals surface area contributed by atoms with E-state index in [0.29, 0.717) is 19.0 Å². The number of unbranched alkanes of at least 4 members (excludes halogenated alkanes) is 2. The van der Waals surface area contributed by atoms with E-state index in [1.807, 2.05) is 45.0 Å². The number of hydrogen-bond donors (Lipinski definition) is 2. The number of imidazole rings is 2. The molecule has 4 aromatic heterocycles. The number of methoxy groups -OCH3 is 4. The van der Waals surface area contributed by atoms with Crippen LogP contribution in [0.25, 0.3) is 43.9 Å². The van der Waals surface area contributed by atoms with Gasteiger partial charge in [0, 0.05) is 84.2 Å². The maximum Gasteiger partial charge on any atom is 0.308 e. The Hall–Kier alpha value is -7.05. The highest BCUT2D eigenvalue weighted by molar-refractivity contribution is 9.10. The number of pyridine rings is 2. The van der Waals surface area contributed by atoms with Crippen LogP contribution in [0.5, 0.6) is 23.0 Å². The van der Waals surface area contributed by atoms with Crippen LogP contribution in [0.3, 0.4) is 0 Å². The molecular formula is C69H94BrN9O16. The van der Waals surface area contributed by atoms with Crippen molar-refractivity contribution in [3.8, 4) is 23.0 Å². The summed E-state index contributed by atoms with van der Waals surface area (Å²) in [5.74, 6) is 5.32. The molecule has 8 aromatic rings. The first-order valence-electron chi connectivity index (χ1n) is 32.2. The zero-order valence-electron chi connectivity index (χ0n) is 56.4. The van der Waals surface area contributed by atoms with Crippen molar-refractivity contribution in [3.05, 3.63) is 106 Å². The van der Waals surface area contributed by atoms with Gasteiger partial charge in [-0.05, 0) is 107 Å². The van der Waals surface area contributed by atoms with Gasteiger partial charge in [0.2, 0.25) is 0 Å². The molecule has 0 saturated carbocycles. The van der Waals surface area contributed by atoms with E-state index in [9.17, 15) is 4.79 Å². The van der Waals surface area contributed by atoms with E-state index >= 15 is 0 Å². The summed E-state index contributed by atoms with van der Waals surface area (Å²) in [5.41, 5.74) is 15.6. The maximum atomic E-state index is 11.6. The summed E-state index contributed by atoms with van der Waals surface area (Å²) in [7, 11) is 6.72. The predicted octanol–water partition coefficient (Wildman–Crippen LogP) is 11.2. The van der Waals surface area contributed by atoms with Crippen LogP contribution in [0.1, 0.15) is 95.2 Å². The highest BCUT2D eigenvalue weighted by Gasteiger charge is 2.23. The second kappa shape index (κ2) is 38.6. The molecule has 0 radical (unpaired) electrons. The number of carbonyl (C=O) groups excluding carboxylic acids is 1. The van der Waals surface area contributed by atoms with Crippen molar-refractivity contribution >= 4 is 77.3 Å². The van der Waals surface area contributed by atoms with E-state index in [4.69, 9.17) is 91.7 Å². The number of carbonyl (C=O) groups is 1. The van der Waals surface area contributed by atoms with Crippen molar-refractivity contribution in [2.75, 3.05) is 146 Å². The molecule has 25 nitrogen and oxygen atoms in total. The van der Waals surface area contributed by atoms with Crippen LogP contribution in [0.2, 0.25) is 0 Å². The van der Waals surface area contributed by atoms with E-state index in [1.54, 1.807) is 28.4 Å². The van der Waals surface area contributed by atoms with E-state index in [-0.39, 0.29) is 80.1 Å². The number of H-pyrrole nitrogens is 1. The second-order valence-electron chi connectivity index (χ2n) is 23.4. The Bertz CT molecular complexity index is 3650. The molecule has 0 atom stereocenters. The van der Waals surface area contributed by atoms with Gasteiger partial charge < -0.3 is 91.2 Å². The number of ether oxygens (including phenoxy) is 15. The molecule has 1 fully saturated rings. The highest BCUT2D eigenvalue weighted by atomic mass is 79.9. The van der Waals surface area contributed by atoms with Gasteiger partial charge in [0.1, 0.15) is 76.2 Å². The van der Waals surface area contributed by atoms with Crippen LogP contribution >= 0.6 is 15.9 Å². The molecule has 4 aromatic carbocycles. The lowest BCUT2D eigenvalue weighted by atomic mass is 10.0. The molecule has 0 spiro atoms. The number of nitrogens with one attached hydrogen (secondary N) is 1. The number of nitrogen functional groups attached to an aromatic ring is 1. The molecular weight excluding hydrogens is 1290 g/mol. The van der Waals surface area contributed by atoms with E-state index in [1.165, 1.54) is 0 Å². The van der Waals surface area contributed by atoms with Crippen LogP contribution in [0, 0.1) is 0 Å². The summed E-state index contributed by atoms with van der Waals surface area (Å²) in [6.07, 6.45) is 7.76. The van der Waals surface area contributed by atoms with Gasteiger partial charge in [0.15, 0.2) is 47.6 Å². The molecule has 9 rings (SSSR count). The number of nitrogens with two attached hydrogens (primary N) is 1. The number of hydrogen-bond acceptors (Lipinski definition) is 23. The first kappa shape index (κ1) is 73.8. The largest absolute Gasteiger partial charge is 0.497 e. The fourth-order valence-corrected chi connectivity index (χ4v) is 11.0. The van der Waals surface area contributed by atoms with E-state index in [2.05, 4.69) is 103 Å². The molecule has 0 bridgehead atoms. The first-order valence-corrected chi connectivity index (χ1v) is 33.0. The standard InChI is InChI=1S/C36H58N6O12.C33H36BrN3O4/c1-5-6-7-31-39-33-29-9-8-28(18-30(29)38-35(37)34(33)40-31)42-13-11-41(12-14-42)15-17-45-20-47-22-49-24-51-26-53-27-52-25-50-23-48-21-46-19-44-16-10-32(43)54-36(2,3)4;1-6-7-8-31-36-32-27(16-11-21-9-13-24(38-2)18-29(21)40-4)35-28-17-23(34)12-15-26(28)33(32)37(31)20-22-10-14-25(39-3)19-30(22)41-5/h8-9,18H,5-7,10-17,19-27H2,1-4H3,(H2,37,38)(H,39,40);9-10,12-15,17-19H,6-8,11,16,20H2,1-5H3. The number of aromatic amines is 1. The number of halogens is 1. The lowest BCUT2D eigenvalue weighted by molar-refractivity contribution is -0.229. The predicted molar refractivity (Wildman–Crippen MR) is 365 cm³/mol. The molecule has 95 heavy (non-hydrogen) atoms. The number of rotatable bonds is 40. The lowest BCUT2D eigenvalue weighted by Crippen LogP contribution is -2.47. The van der Waals surface area contributed by atoms with Gasteiger partial charge in [0.05, 0.1) is 76.9 Å². The Morgan fingerprint density at radius 1 is 0.579 bits per heavy atom. The van der Waals surface area contributed by atoms with Crippen LogP contribution in [0.15, 0.2) is 77.3 Å². The highest BCUT2D eigenvalue weighted by Crippen LogP contribution is 2.35. The number of benzene rings is 4. The third-order valence-corrected chi connectivity index (χ3v) is 15.9. The third kappa shape index (κ3) is 22.5. The molecule has 1 aliphatic heterocycles. The quantitative estimate of drug-likeness (QED) is 0.0205. The number of nitrogens with zero attached hydrogens (tertiary/aromatic N) is 7. The topological polar surface area (TPSA) is 260 Å². The Balaban J connectivity index is 0.000000252. The lowest BCUT2D eigenvalue weighted by Gasteiger charge is -2.36. The van der Waals surface area contributed by atoms with Crippen molar-refractivity contribution in [3.63, 3.8) is 0 Å². The maximum absolute atomic E-state index is 11.6. The normalized spacial score (nSPS) is 12.9. The minimum absolute atomic E-state index is 0.00663. The minimum Gasteiger partial charge on any atom is -0.497 e. The monoisotopic (exact) mass is 1380 g/mol. The van der Waals surface area contributed by atoms with Gasteiger partial charge >= 0.3 is 5.97 Å². The molecule has 1 aliphatic rings. The number of esters is 1. The average Bonchev–Trinajstić information content (AvgIpc) is 1.65. The number of aryl methyl sites for hydroxylation is 4. The Morgan fingerprint density at radius 2 is 1.15 bits per heavy atom. The fourth-order valence-electron chi connectivity index (χ4n) is 10.7. The van der Waals surface area contributed by atoms with Crippen molar-refractivity contribution in [1.29, 1.82) is 0 Å². The zero-order chi connectivity index (χ0) is 67.4. The van der Waals surface area contributed by atoms with Crippen molar-refractivity contribution in [1.82, 2.24) is 34.4 Å². The summed E-state index contributed by atoms with van der Waals surface area (Å²) in [5, 5.41) is 2.10. The first-order chi connectivity index (χ1) is 46.2. The molecule has 0 aliphatic carbocycles. The molecule has 26 heteroatoms. The van der Waals surface area contributed by atoms with E-state index < -0.39 is 5.60 Å². The number of piperazine rings is 1. The third-order valence-electron chi connectivity index (χ3n) is 15.4. The summed E-state index contributed by atoms with van der Waals surface area (Å²) >= 11 is 3.65. The number of fused-ring (bicyclic) bond motifs is 6. The van der Waals surface area contributed by atoms with Crippen molar-refractivity contribution in [2.45, 2.75) is 105 Å². The second-order valence-corrected chi connectivity index (χ2v) is 24.3. The Labute approximate surface area is 564 Å². The summed E-state index contributed by atoms with van der Waals surface area (Å²) in [6, 6.07) is 24.6. The van der Waals surface area contributed by atoms with E-state index in [0.717, 1.165) is 190 Å². The average molecular weight is 1390 g/mol. The van der Waals surface area contributed by atoms with Crippen LogP contribution in [0.4, 0.5) is 11.5 Å². The Kier molecular flexibility index (Phi) is 30.0. The Morgan fingerprint density at radius 3 is 1.75 bits per heavy atom. The molecule has 0 amide bonds.